The normalized spacial score (nSPS) is 10.8. The number of anilines is 3. The van der Waals surface area contributed by atoms with Crippen LogP contribution in [0, 0.1) is 0 Å². The highest BCUT2D eigenvalue weighted by Gasteiger charge is 2.11. The van der Waals surface area contributed by atoms with E-state index in [2.05, 4.69) is 25.3 Å². The van der Waals surface area contributed by atoms with Crippen LogP contribution in [-0.4, -0.2) is 26.5 Å². The first kappa shape index (κ1) is 16.2. The fourth-order valence-corrected chi connectivity index (χ4v) is 3.09. The largest absolute Gasteiger partial charge is 0.476 e. The van der Waals surface area contributed by atoms with E-state index in [1.807, 2.05) is 48.7 Å². The zero-order valence-electron chi connectivity index (χ0n) is 14.0. The highest BCUT2D eigenvalue weighted by Crippen LogP contribution is 2.27. The van der Waals surface area contributed by atoms with Crippen molar-refractivity contribution in [3.63, 3.8) is 0 Å². The Morgan fingerprint density at radius 2 is 1.92 bits per heavy atom. The number of thiazole rings is 1. The van der Waals surface area contributed by atoms with E-state index >= 15 is 0 Å². The minimum atomic E-state index is 0.174. The van der Waals surface area contributed by atoms with Crippen molar-refractivity contribution in [1.82, 2.24) is 19.9 Å². The fourth-order valence-electron chi connectivity index (χ4n) is 2.54. The molecule has 0 amide bonds. The van der Waals surface area contributed by atoms with Crippen LogP contribution in [0.1, 0.15) is 6.92 Å². The standard InChI is InChI=1S/C18H16N6OS/c1-2-25-16-15-14(23-17(19)24-16)8-7-13(22-15)11-3-5-12(6-4-11)21-18-20-9-10-26-18/h3-10H,2H2,1H3,(H,20,21)(H2,19,23,24). The fraction of sp³-hybridized carbons (Fsp3) is 0.111. The van der Waals surface area contributed by atoms with Gasteiger partial charge in [-0.3, -0.25) is 0 Å². The SMILES string of the molecule is CCOc1nc(N)nc2ccc(-c3ccc(Nc4nccs4)cc3)nc12. The third-order valence-corrected chi connectivity index (χ3v) is 4.36. The van der Waals surface area contributed by atoms with E-state index in [9.17, 15) is 0 Å². The van der Waals surface area contributed by atoms with Crippen molar-refractivity contribution in [2.45, 2.75) is 6.92 Å². The van der Waals surface area contributed by atoms with Gasteiger partial charge in [-0.15, -0.1) is 11.3 Å². The summed E-state index contributed by atoms with van der Waals surface area (Å²) in [5.41, 5.74) is 9.76. The van der Waals surface area contributed by atoms with Gasteiger partial charge in [-0.05, 0) is 31.2 Å². The molecule has 0 radical (unpaired) electrons. The molecule has 26 heavy (non-hydrogen) atoms. The van der Waals surface area contributed by atoms with Gasteiger partial charge < -0.3 is 15.8 Å². The summed E-state index contributed by atoms with van der Waals surface area (Å²) in [6, 6.07) is 11.8. The summed E-state index contributed by atoms with van der Waals surface area (Å²) >= 11 is 1.55. The first-order valence-electron chi connectivity index (χ1n) is 8.07. The van der Waals surface area contributed by atoms with Crippen LogP contribution in [0.25, 0.3) is 22.3 Å². The van der Waals surface area contributed by atoms with Crippen molar-refractivity contribution in [3.8, 4) is 17.1 Å². The molecule has 0 unspecified atom stereocenters. The van der Waals surface area contributed by atoms with Crippen LogP contribution in [0.2, 0.25) is 0 Å². The smallest absolute Gasteiger partial charge is 0.245 e. The molecule has 3 aromatic heterocycles. The average Bonchev–Trinajstić information content (AvgIpc) is 3.15. The zero-order chi connectivity index (χ0) is 17.9. The second kappa shape index (κ2) is 6.93. The van der Waals surface area contributed by atoms with Crippen LogP contribution < -0.4 is 15.8 Å². The second-order valence-electron chi connectivity index (χ2n) is 5.42. The molecule has 3 N–H and O–H groups in total. The number of nitrogens with one attached hydrogen (secondary N) is 1. The molecule has 0 saturated heterocycles. The lowest BCUT2D eigenvalue weighted by Crippen LogP contribution is -2.02. The van der Waals surface area contributed by atoms with E-state index in [-0.39, 0.29) is 5.95 Å². The molecule has 0 bridgehead atoms. The first-order chi connectivity index (χ1) is 12.7. The Kier molecular flexibility index (Phi) is 4.32. The summed E-state index contributed by atoms with van der Waals surface area (Å²) in [6.07, 6.45) is 1.77. The Labute approximate surface area is 153 Å². The minimum Gasteiger partial charge on any atom is -0.476 e. The Bertz CT molecular complexity index is 1030. The molecular formula is C18H16N6OS. The number of benzene rings is 1. The predicted molar refractivity (Wildman–Crippen MR) is 104 cm³/mol. The van der Waals surface area contributed by atoms with Crippen LogP contribution in [0.4, 0.5) is 16.8 Å². The lowest BCUT2D eigenvalue weighted by Gasteiger charge is -2.09. The Morgan fingerprint density at radius 1 is 1.08 bits per heavy atom. The topological polar surface area (TPSA) is 98.8 Å². The molecule has 0 saturated carbocycles. The van der Waals surface area contributed by atoms with Gasteiger partial charge in [0, 0.05) is 22.8 Å². The van der Waals surface area contributed by atoms with Crippen molar-refractivity contribution in [1.29, 1.82) is 0 Å². The maximum absolute atomic E-state index is 5.74. The lowest BCUT2D eigenvalue weighted by atomic mass is 10.1. The van der Waals surface area contributed by atoms with E-state index in [1.54, 1.807) is 17.5 Å². The third kappa shape index (κ3) is 3.27. The summed E-state index contributed by atoms with van der Waals surface area (Å²) in [7, 11) is 0. The third-order valence-electron chi connectivity index (χ3n) is 3.67. The number of aromatic nitrogens is 4. The Morgan fingerprint density at radius 3 is 2.65 bits per heavy atom. The van der Waals surface area contributed by atoms with Gasteiger partial charge >= 0.3 is 0 Å². The molecular weight excluding hydrogens is 348 g/mol. The quantitative estimate of drug-likeness (QED) is 0.554. The molecule has 0 atom stereocenters. The van der Waals surface area contributed by atoms with Gasteiger partial charge in [-0.1, -0.05) is 12.1 Å². The number of hydrogen-bond donors (Lipinski definition) is 2. The predicted octanol–water partition coefficient (Wildman–Crippen LogP) is 3.87. The van der Waals surface area contributed by atoms with E-state index in [1.165, 1.54) is 0 Å². The molecule has 4 rings (SSSR count). The van der Waals surface area contributed by atoms with Gasteiger partial charge in [-0.2, -0.15) is 4.98 Å². The minimum absolute atomic E-state index is 0.174. The maximum Gasteiger partial charge on any atom is 0.245 e. The van der Waals surface area contributed by atoms with Crippen molar-refractivity contribution in [2.24, 2.45) is 0 Å². The molecule has 130 valence electrons. The van der Waals surface area contributed by atoms with Crippen LogP contribution in [0.3, 0.4) is 0 Å². The second-order valence-corrected chi connectivity index (χ2v) is 6.32. The van der Waals surface area contributed by atoms with Gasteiger partial charge in [0.2, 0.25) is 11.8 Å². The van der Waals surface area contributed by atoms with Crippen LogP contribution in [0.15, 0.2) is 48.0 Å². The summed E-state index contributed by atoms with van der Waals surface area (Å²) in [4.78, 5) is 17.3. The lowest BCUT2D eigenvalue weighted by molar-refractivity contribution is 0.330. The first-order valence-corrected chi connectivity index (χ1v) is 8.95. The molecule has 7 nitrogen and oxygen atoms in total. The van der Waals surface area contributed by atoms with Gasteiger partial charge in [0.15, 0.2) is 10.6 Å². The van der Waals surface area contributed by atoms with Crippen molar-refractivity contribution in [2.75, 3.05) is 17.7 Å². The molecule has 0 aliphatic heterocycles. The molecule has 0 aliphatic carbocycles. The molecule has 0 aliphatic rings. The summed E-state index contributed by atoms with van der Waals surface area (Å²) < 4.78 is 5.56. The van der Waals surface area contributed by atoms with Crippen molar-refractivity contribution >= 4 is 39.1 Å². The Balaban J connectivity index is 1.67. The van der Waals surface area contributed by atoms with Gasteiger partial charge in [0.05, 0.1) is 17.8 Å². The summed E-state index contributed by atoms with van der Waals surface area (Å²) in [6.45, 7) is 2.37. The van der Waals surface area contributed by atoms with E-state index < -0.39 is 0 Å². The number of rotatable bonds is 5. The van der Waals surface area contributed by atoms with E-state index in [0.29, 0.717) is 23.5 Å². The van der Waals surface area contributed by atoms with Crippen molar-refractivity contribution < 1.29 is 4.74 Å². The summed E-state index contributed by atoms with van der Waals surface area (Å²) in [5.74, 6) is 0.576. The highest BCUT2D eigenvalue weighted by atomic mass is 32.1. The monoisotopic (exact) mass is 364 g/mol. The van der Waals surface area contributed by atoms with Crippen LogP contribution >= 0.6 is 11.3 Å². The van der Waals surface area contributed by atoms with Gasteiger partial charge in [0.25, 0.3) is 0 Å². The summed E-state index contributed by atoms with van der Waals surface area (Å²) in [5, 5.41) is 6.05. The molecule has 0 fully saturated rings. The number of ether oxygens (including phenoxy) is 1. The van der Waals surface area contributed by atoms with Crippen molar-refractivity contribution in [3.05, 3.63) is 48.0 Å². The Hall–Kier alpha value is -3.26. The number of fused-ring (bicyclic) bond motifs is 1. The molecule has 0 spiro atoms. The molecule has 3 heterocycles. The molecule has 1 aromatic carbocycles. The van der Waals surface area contributed by atoms with E-state index in [0.717, 1.165) is 22.1 Å². The van der Waals surface area contributed by atoms with Crippen LogP contribution in [0.5, 0.6) is 5.88 Å². The average molecular weight is 364 g/mol. The zero-order valence-corrected chi connectivity index (χ0v) is 14.8. The van der Waals surface area contributed by atoms with Gasteiger partial charge in [0.1, 0.15) is 0 Å². The molecule has 4 aromatic rings. The maximum atomic E-state index is 5.74. The van der Waals surface area contributed by atoms with Gasteiger partial charge in [-0.25, -0.2) is 15.0 Å². The number of nitrogens with two attached hydrogens (primary N) is 1. The number of pyridine rings is 1. The number of hydrogen-bond acceptors (Lipinski definition) is 8. The van der Waals surface area contributed by atoms with Crippen LogP contribution in [-0.2, 0) is 0 Å². The number of nitrogens with zero attached hydrogens (tertiary/aromatic N) is 4. The van der Waals surface area contributed by atoms with E-state index in [4.69, 9.17) is 10.5 Å². The highest BCUT2D eigenvalue weighted by molar-refractivity contribution is 7.13. The molecule has 8 heteroatoms. The number of nitrogen functional groups attached to an aromatic ring is 1.